The molecule has 0 saturated heterocycles. The molecular weight excluding hydrogens is 358 g/mol. The summed E-state index contributed by atoms with van der Waals surface area (Å²) in [5.74, 6) is -0.509. The molecule has 0 aliphatic heterocycles. The normalized spacial score (nSPS) is 10.7. The topological polar surface area (TPSA) is 94.0 Å². The Balaban J connectivity index is 1.66. The molecule has 0 unspecified atom stereocenters. The van der Waals surface area contributed by atoms with Crippen LogP contribution in [0.25, 0.3) is 5.69 Å². The molecule has 0 spiro atoms. The number of para-hydroxylation sites is 2. The summed E-state index contributed by atoms with van der Waals surface area (Å²) in [6.45, 7) is -1.16. The monoisotopic (exact) mass is 374 g/mol. The summed E-state index contributed by atoms with van der Waals surface area (Å²) in [6.07, 6.45) is 1.46. The van der Waals surface area contributed by atoms with Gasteiger partial charge in [0, 0.05) is 5.69 Å². The summed E-state index contributed by atoms with van der Waals surface area (Å²) in [6, 6.07) is 11.5. The van der Waals surface area contributed by atoms with Crippen LogP contribution < -0.4 is 15.4 Å². The second-order valence-electron chi connectivity index (χ2n) is 5.53. The largest absolute Gasteiger partial charge is 0.433 e. The van der Waals surface area contributed by atoms with Crippen LogP contribution in [0.3, 0.4) is 0 Å². The highest BCUT2D eigenvalue weighted by Gasteiger charge is 2.12. The van der Waals surface area contributed by atoms with Crippen molar-refractivity contribution in [3.05, 3.63) is 54.4 Å². The fraction of sp³-hybridized carbons (Fsp3) is 0.176. The minimum absolute atomic E-state index is 0.0666. The average molecular weight is 374 g/mol. The number of anilines is 2. The number of carbonyl (C=O) groups excluding carboxylic acids is 1. The number of amides is 1. The third kappa shape index (κ3) is 4.75. The maximum absolute atomic E-state index is 12.4. The third-order valence-corrected chi connectivity index (χ3v) is 3.65. The molecule has 27 heavy (non-hydrogen) atoms. The fourth-order valence-electron chi connectivity index (χ4n) is 2.36. The van der Waals surface area contributed by atoms with E-state index in [1.54, 1.807) is 18.2 Å². The molecule has 3 rings (SSSR count). The van der Waals surface area contributed by atoms with Gasteiger partial charge in [-0.05, 0) is 47.2 Å². The summed E-state index contributed by atoms with van der Waals surface area (Å²) >= 11 is 0. The predicted molar refractivity (Wildman–Crippen MR) is 94.1 cm³/mol. The highest BCUT2D eigenvalue weighted by molar-refractivity contribution is 5.95. The molecule has 140 valence electrons. The van der Waals surface area contributed by atoms with Crippen molar-refractivity contribution < 1.29 is 18.3 Å². The second kappa shape index (κ2) is 8.21. The first-order valence-corrected chi connectivity index (χ1v) is 7.94. The van der Waals surface area contributed by atoms with Gasteiger partial charge in [0.25, 0.3) is 0 Å². The number of halogens is 2. The summed E-state index contributed by atoms with van der Waals surface area (Å²) in [5, 5.41) is 16.5. The van der Waals surface area contributed by atoms with Crippen molar-refractivity contribution in [3.8, 4) is 11.4 Å². The van der Waals surface area contributed by atoms with E-state index in [1.807, 2.05) is 19.1 Å². The number of hydrogen-bond acceptors (Lipinski definition) is 6. The molecule has 0 atom stereocenters. The zero-order chi connectivity index (χ0) is 19.2. The first-order chi connectivity index (χ1) is 13.0. The van der Waals surface area contributed by atoms with E-state index in [0.29, 0.717) is 0 Å². The first kappa shape index (κ1) is 18.2. The van der Waals surface area contributed by atoms with Gasteiger partial charge < -0.3 is 15.4 Å². The van der Waals surface area contributed by atoms with Crippen LogP contribution in [0.4, 0.5) is 20.2 Å². The van der Waals surface area contributed by atoms with Gasteiger partial charge in [0.1, 0.15) is 12.1 Å². The number of ether oxygens (including phenoxy) is 1. The van der Waals surface area contributed by atoms with Crippen LogP contribution in [0.15, 0.2) is 48.8 Å². The van der Waals surface area contributed by atoms with Gasteiger partial charge in [-0.15, -0.1) is 5.10 Å². The lowest BCUT2D eigenvalue weighted by atomic mass is 10.2. The van der Waals surface area contributed by atoms with Crippen molar-refractivity contribution in [2.75, 3.05) is 17.2 Å². The van der Waals surface area contributed by atoms with E-state index in [9.17, 15) is 13.6 Å². The van der Waals surface area contributed by atoms with Gasteiger partial charge in [-0.25, -0.2) is 4.68 Å². The number of nitrogens with zero attached hydrogens (tertiary/aromatic N) is 4. The van der Waals surface area contributed by atoms with Crippen LogP contribution >= 0.6 is 0 Å². The zero-order valence-electron chi connectivity index (χ0n) is 14.3. The van der Waals surface area contributed by atoms with Crippen molar-refractivity contribution in [1.29, 1.82) is 0 Å². The number of nitrogens with one attached hydrogen (secondary N) is 2. The molecule has 2 N–H and O–H groups in total. The summed E-state index contributed by atoms with van der Waals surface area (Å²) in [7, 11) is 0. The van der Waals surface area contributed by atoms with E-state index in [4.69, 9.17) is 0 Å². The molecule has 0 saturated carbocycles. The molecule has 0 bridgehead atoms. The number of carbonyl (C=O) groups is 1. The smallest absolute Gasteiger partial charge is 0.387 e. The van der Waals surface area contributed by atoms with Gasteiger partial charge in [0.2, 0.25) is 5.91 Å². The first-order valence-electron chi connectivity index (χ1n) is 7.94. The average Bonchev–Trinajstić information content (AvgIpc) is 3.17. The molecule has 8 nitrogen and oxygen atoms in total. The van der Waals surface area contributed by atoms with Crippen LogP contribution in [0.1, 0.15) is 5.56 Å². The molecule has 0 fully saturated rings. The lowest BCUT2D eigenvalue weighted by Gasteiger charge is -2.13. The van der Waals surface area contributed by atoms with Crippen LogP contribution in [0.5, 0.6) is 5.75 Å². The van der Waals surface area contributed by atoms with E-state index >= 15 is 0 Å². The zero-order valence-corrected chi connectivity index (χ0v) is 14.3. The van der Waals surface area contributed by atoms with Gasteiger partial charge in [-0.2, -0.15) is 8.78 Å². The number of alkyl halides is 2. The Labute approximate surface area is 153 Å². The van der Waals surface area contributed by atoms with Crippen LogP contribution in [0.2, 0.25) is 0 Å². The number of aryl methyl sites for hydroxylation is 1. The molecule has 10 heteroatoms. The van der Waals surface area contributed by atoms with Crippen molar-refractivity contribution in [3.63, 3.8) is 0 Å². The van der Waals surface area contributed by atoms with Crippen LogP contribution in [-0.4, -0.2) is 39.3 Å². The van der Waals surface area contributed by atoms with Crippen molar-refractivity contribution >= 4 is 17.3 Å². The number of benzene rings is 2. The highest BCUT2D eigenvalue weighted by atomic mass is 19.3. The summed E-state index contributed by atoms with van der Waals surface area (Å²) < 4.78 is 30.8. The van der Waals surface area contributed by atoms with Gasteiger partial charge >= 0.3 is 6.61 Å². The molecule has 3 aromatic rings. The summed E-state index contributed by atoms with van der Waals surface area (Å²) in [4.78, 5) is 12.2. The van der Waals surface area contributed by atoms with Gasteiger partial charge in [0.05, 0.1) is 17.9 Å². The molecule has 2 aromatic carbocycles. The molecule has 1 amide bonds. The summed E-state index contributed by atoms with van der Waals surface area (Å²) in [5.41, 5.74) is 2.53. The van der Waals surface area contributed by atoms with E-state index in [1.165, 1.54) is 23.1 Å². The van der Waals surface area contributed by atoms with Crippen LogP contribution in [0, 0.1) is 6.92 Å². The number of tetrazole rings is 1. The molecular formula is C17H16F2N6O2. The van der Waals surface area contributed by atoms with Gasteiger partial charge in [0.15, 0.2) is 0 Å². The standard InChI is InChI=1S/C17H16F2N6O2/c1-11-6-7-12(25-10-21-23-24-25)8-14(11)20-9-16(26)22-13-4-2-3-5-15(13)27-17(18)19/h2-8,10,17,20H,9H2,1H3,(H,22,26). The number of rotatable bonds is 7. The highest BCUT2D eigenvalue weighted by Crippen LogP contribution is 2.25. The Morgan fingerprint density at radius 1 is 1.22 bits per heavy atom. The minimum atomic E-state index is -2.97. The second-order valence-corrected chi connectivity index (χ2v) is 5.53. The minimum Gasteiger partial charge on any atom is -0.433 e. The Morgan fingerprint density at radius 3 is 2.78 bits per heavy atom. The van der Waals surface area contributed by atoms with Crippen molar-refractivity contribution in [2.45, 2.75) is 13.5 Å². The number of aromatic nitrogens is 4. The maximum Gasteiger partial charge on any atom is 0.387 e. The van der Waals surface area contributed by atoms with Crippen LogP contribution in [-0.2, 0) is 4.79 Å². The Bertz CT molecular complexity index is 918. The van der Waals surface area contributed by atoms with E-state index in [0.717, 1.165) is 16.9 Å². The van der Waals surface area contributed by atoms with E-state index in [-0.39, 0.29) is 18.0 Å². The number of hydrogen-bond donors (Lipinski definition) is 2. The quantitative estimate of drug-likeness (QED) is 0.660. The molecule has 0 radical (unpaired) electrons. The molecule has 1 heterocycles. The van der Waals surface area contributed by atoms with Gasteiger partial charge in [-0.1, -0.05) is 18.2 Å². The van der Waals surface area contributed by atoms with E-state index < -0.39 is 12.5 Å². The lowest BCUT2D eigenvalue weighted by molar-refractivity contribution is -0.114. The van der Waals surface area contributed by atoms with Gasteiger partial charge in [-0.3, -0.25) is 4.79 Å². The lowest BCUT2D eigenvalue weighted by Crippen LogP contribution is -2.22. The SMILES string of the molecule is Cc1ccc(-n2cnnn2)cc1NCC(=O)Nc1ccccc1OC(F)F. The molecule has 0 aliphatic carbocycles. The van der Waals surface area contributed by atoms with Crippen molar-refractivity contribution in [1.82, 2.24) is 20.2 Å². The molecule has 1 aromatic heterocycles. The molecule has 0 aliphatic rings. The van der Waals surface area contributed by atoms with Crippen molar-refractivity contribution in [2.24, 2.45) is 0 Å². The van der Waals surface area contributed by atoms with E-state index in [2.05, 4.69) is 30.9 Å². The fourth-order valence-corrected chi connectivity index (χ4v) is 2.36. The Hall–Kier alpha value is -3.56. The third-order valence-electron chi connectivity index (χ3n) is 3.65. The Morgan fingerprint density at radius 2 is 2.04 bits per heavy atom. The maximum atomic E-state index is 12.4. The predicted octanol–water partition coefficient (Wildman–Crippen LogP) is 2.62. The Kier molecular flexibility index (Phi) is 5.55.